The molecule has 0 aliphatic heterocycles. The average Bonchev–Trinajstić information content (AvgIpc) is 2.55. The highest BCUT2D eigenvalue weighted by Crippen LogP contribution is 2.51. The van der Waals surface area contributed by atoms with Gasteiger partial charge in [0.1, 0.15) is 5.41 Å². The molecule has 1 heterocycles. The highest BCUT2D eigenvalue weighted by Gasteiger charge is 2.45. The van der Waals surface area contributed by atoms with E-state index in [1.54, 1.807) is 42.6 Å². The topological polar surface area (TPSA) is 87.5 Å². The van der Waals surface area contributed by atoms with Gasteiger partial charge in [0.25, 0.3) is 0 Å². The zero-order valence-corrected chi connectivity index (χ0v) is 14.5. The zero-order valence-electron chi connectivity index (χ0n) is 13.6. The highest BCUT2D eigenvalue weighted by molar-refractivity contribution is 7.57. The Morgan fingerprint density at radius 2 is 1.92 bits per heavy atom. The lowest BCUT2D eigenvalue weighted by Gasteiger charge is -2.31. The van der Waals surface area contributed by atoms with E-state index in [2.05, 4.69) is 4.98 Å². The van der Waals surface area contributed by atoms with Crippen molar-refractivity contribution >= 4 is 13.3 Å². The number of hydrogen-bond acceptors (Lipinski definition) is 3. The maximum atomic E-state index is 12.8. The molecule has 0 spiro atoms. The number of rotatable bonds is 8. The first-order chi connectivity index (χ1) is 11.4. The summed E-state index contributed by atoms with van der Waals surface area (Å²) in [5.74, 6) is -1.08. The van der Waals surface area contributed by atoms with Crippen molar-refractivity contribution in [3.8, 4) is 0 Å². The number of carboxylic acids is 1. The molecule has 24 heavy (non-hydrogen) atoms. The van der Waals surface area contributed by atoms with Gasteiger partial charge in [0.2, 0.25) is 7.37 Å². The van der Waals surface area contributed by atoms with E-state index in [0.29, 0.717) is 12.0 Å². The number of carboxylic acid groups (broad SMARTS) is 1. The zero-order chi connectivity index (χ0) is 17.6. The number of nitrogens with zero attached hydrogens (tertiary/aromatic N) is 1. The summed E-state index contributed by atoms with van der Waals surface area (Å²) in [6, 6.07) is 12.3. The Balaban J connectivity index is 2.37. The number of carbonyl (C=O) groups is 1. The van der Waals surface area contributed by atoms with E-state index in [-0.39, 0.29) is 18.7 Å². The number of aromatic nitrogens is 1. The third kappa shape index (κ3) is 4.31. The van der Waals surface area contributed by atoms with Gasteiger partial charge in [0, 0.05) is 24.7 Å². The Hall–Kier alpha value is -1.97. The molecule has 2 aromatic rings. The maximum absolute atomic E-state index is 12.8. The van der Waals surface area contributed by atoms with Crippen molar-refractivity contribution in [1.29, 1.82) is 0 Å². The van der Waals surface area contributed by atoms with Crippen molar-refractivity contribution in [2.75, 3.05) is 6.16 Å². The summed E-state index contributed by atoms with van der Waals surface area (Å²) in [4.78, 5) is 26.6. The fourth-order valence-electron chi connectivity index (χ4n) is 3.03. The van der Waals surface area contributed by atoms with E-state index in [0.717, 1.165) is 5.56 Å². The molecule has 0 saturated carbocycles. The molecule has 1 aromatic heterocycles. The van der Waals surface area contributed by atoms with Crippen LogP contribution in [0, 0.1) is 0 Å². The summed E-state index contributed by atoms with van der Waals surface area (Å²) in [5, 5.41) is 9.88. The fraction of sp³-hybridized carbons (Fsp3) is 0.333. The van der Waals surface area contributed by atoms with Crippen molar-refractivity contribution in [2.45, 2.75) is 31.3 Å². The molecule has 0 amide bonds. The van der Waals surface area contributed by atoms with Gasteiger partial charge in [0.15, 0.2) is 0 Å². The first-order valence-corrected chi connectivity index (χ1v) is 9.91. The minimum atomic E-state index is -3.69. The lowest BCUT2D eigenvalue weighted by molar-refractivity contribution is -0.143. The van der Waals surface area contributed by atoms with Crippen molar-refractivity contribution in [3.05, 3.63) is 66.0 Å². The average molecular weight is 347 g/mol. The molecule has 0 aliphatic carbocycles. The van der Waals surface area contributed by atoms with E-state index in [1.807, 2.05) is 13.0 Å². The van der Waals surface area contributed by atoms with Crippen molar-refractivity contribution in [2.24, 2.45) is 0 Å². The molecular weight excluding hydrogens is 325 g/mol. The van der Waals surface area contributed by atoms with Crippen molar-refractivity contribution in [1.82, 2.24) is 4.98 Å². The van der Waals surface area contributed by atoms with Crippen LogP contribution in [0.4, 0.5) is 0 Å². The van der Waals surface area contributed by atoms with E-state index in [9.17, 15) is 19.4 Å². The second kappa shape index (κ2) is 7.73. The molecule has 128 valence electrons. The van der Waals surface area contributed by atoms with Crippen molar-refractivity contribution in [3.63, 3.8) is 0 Å². The summed E-state index contributed by atoms with van der Waals surface area (Å²) in [6.07, 6.45) is 3.58. The summed E-state index contributed by atoms with van der Waals surface area (Å²) in [7, 11) is -3.69. The molecule has 6 heteroatoms. The van der Waals surface area contributed by atoms with Gasteiger partial charge in [-0.25, -0.2) is 0 Å². The quantitative estimate of drug-likeness (QED) is 0.711. The predicted molar refractivity (Wildman–Crippen MR) is 93.3 cm³/mol. The normalized spacial score (nSPS) is 16.1. The number of aliphatic carboxylic acids is 1. The number of benzene rings is 1. The lowest BCUT2D eigenvalue weighted by atomic mass is 9.79. The van der Waals surface area contributed by atoms with Crippen LogP contribution in [0.15, 0.2) is 54.9 Å². The summed E-state index contributed by atoms with van der Waals surface area (Å²) >= 11 is 0. The molecule has 0 saturated heterocycles. The van der Waals surface area contributed by atoms with Gasteiger partial charge in [-0.3, -0.25) is 14.3 Å². The van der Waals surface area contributed by atoms with E-state index >= 15 is 0 Å². The van der Waals surface area contributed by atoms with Crippen LogP contribution < -0.4 is 0 Å². The molecule has 5 nitrogen and oxygen atoms in total. The van der Waals surface area contributed by atoms with Crippen LogP contribution in [-0.4, -0.2) is 27.1 Å². The number of hydrogen-bond donors (Lipinski definition) is 2. The van der Waals surface area contributed by atoms with E-state index < -0.39 is 18.8 Å². The Labute approximate surface area is 141 Å². The van der Waals surface area contributed by atoms with Gasteiger partial charge in [-0.05, 0) is 23.6 Å². The van der Waals surface area contributed by atoms with Gasteiger partial charge in [-0.2, -0.15) is 0 Å². The van der Waals surface area contributed by atoms with E-state index in [1.165, 1.54) is 6.20 Å². The fourth-order valence-corrected chi connectivity index (χ4v) is 5.24. The van der Waals surface area contributed by atoms with Crippen LogP contribution >= 0.6 is 7.37 Å². The minimum absolute atomic E-state index is 0.0349. The first kappa shape index (κ1) is 18.4. The van der Waals surface area contributed by atoms with Crippen LogP contribution in [0.1, 0.15) is 30.9 Å². The molecule has 0 bridgehead atoms. The lowest BCUT2D eigenvalue weighted by Crippen LogP contribution is -2.39. The number of pyridine rings is 1. The predicted octanol–water partition coefficient (Wildman–Crippen LogP) is 3.67. The molecule has 0 radical (unpaired) electrons. The largest absolute Gasteiger partial charge is 0.481 e. The second-order valence-electron chi connectivity index (χ2n) is 6.03. The Bertz CT molecular complexity index is 720. The van der Waals surface area contributed by atoms with Crippen LogP contribution in [0.3, 0.4) is 0 Å². The second-order valence-corrected chi connectivity index (χ2v) is 8.35. The third-order valence-electron chi connectivity index (χ3n) is 4.09. The molecule has 2 atom stereocenters. The standard InChI is InChI=1S/C18H22NO4P/c1-2-10-18(17(20)21,16-9-6-11-19-12-16)14-24(22,23)13-15-7-4-3-5-8-15/h3-9,11-12H,2,10,13-14H2,1H3,(H,20,21)(H,22,23). The molecule has 2 unspecified atom stereocenters. The smallest absolute Gasteiger partial charge is 0.314 e. The van der Waals surface area contributed by atoms with E-state index in [4.69, 9.17) is 0 Å². The molecule has 2 rings (SSSR count). The van der Waals surface area contributed by atoms with Crippen LogP contribution in [0.5, 0.6) is 0 Å². The van der Waals surface area contributed by atoms with Gasteiger partial charge >= 0.3 is 5.97 Å². The SMILES string of the molecule is CCCC(CP(=O)(O)Cc1ccccc1)(C(=O)O)c1cccnc1. The van der Waals surface area contributed by atoms with Gasteiger partial charge in [-0.1, -0.05) is 49.7 Å². The highest BCUT2D eigenvalue weighted by atomic mass is 31.2. The molecule has 2 N–H and O–H groups in total. The Morgan fingerprint density at radius 3 is 2.46 bits per heavy atom. The summed E-state index contributed by atoms with van der Waals surface area (Å²) in [6.45, 7) is 1.87. The first-order valence-electron chi connectivity index (χ1n) is 7.88. The summed E-state index contributed by atoms with van der Waals surface area (Å²) in [5.41, 5.74) is -0.200. The van der Waals surface area contributed by atoms with Crippen molar-refractivity contribution < 1.29 is 19.4 Å². The molecular formula is C18H22NO4P. The van der Waals surface area contributed by atoms with Gasteiger partial charge in [0.05, 0.1) is 0 Å². The molecule has 0 fully saturated rings. The maximum Gasteiger partial charge on any atom is 0.314 e. The van der Waals surface area contributed by atoms with Gasteiger partial charge in [-0.15, -0.1) is 0 Å². The Kier molecular flexibility index (Phi) is 5.92. The molecule has 0 aliphatic rings. The Morgan fingerprint density at radius 1 is 1.21 bits per heavy atom. The third-order valence-corrected chi connectivity index (χ3v) is 5.98. The monoisotopic (exact) mass is 347 g/mol. The minimum Gasteiger partial charge on any atom is -0.481 e. The molecule has 1 aromatic carbocycles. The van der Waals surface area contributed by atoms with Gasteiger partial charge < -0.3 is 10.00 Å². The van der Waals surface area contributed by atoms with Crippen LogP contribution in [0.2, 0.25) is 0 Å². The summed E-state index contributed by atoms with van der Waals surface area (Å²) < 4.78 is 12.8. The van der Waals surface area contributed by atoms with Crippen LogP contribution in [-0.2, 0) is 20.9 Å². The van der Waals surface area contributed by atoms with Crippen LogP contribution in [0.25, 0.3) is 0 Å².